The maximum absolute atomic E-state index is 12.6. The van der Waals surface area contributed by atoms with Crippen molar-refractivity contribution in [2.24, 2.45) is 0 Å². The number of hydrogen-bond acceptors (Lipinski definition) is 11. The molecule has 0 saturated heterocycles. The number of nitrogens with one attached hydrogen (secondary N) is 1. The molecule has 0 aliphatic heterocycles. The van der Waals surface area contributed by atoms with Crippen molar-refractivity contribution in [2.75, 3.05) is 39.3 Å². The molecule has 17 nitrogen and oxygen atoms in total. The highest BCUT2D eigenvalue weighted by molar-refractivity contribution is 7.89. The lowest BCUT2D eigenvalue weighted by Gasteiger charge is -2.21. The second kappa shape index (κ2) is 28.2. The molecule has 1 aromatic heterocycles. The van der Waals surface area contributed by atoms with Gasteiger partial charge in [-0.3, -0.25) is 4.79 Å². The van der Waals surface area contributed by atoms with Gasteiger partial charge in [0.15, 0.2) is 0 Å². The number of aromatic amines is 1. The number of carboxylic acid groups (broad SMARTS) is 1. The molecule has 364 valence electrons. The molecule has 22 heteroatoms. The number of halogens is 1. The van der Waals surface area contributed by atoms with Gasteiger partial charge in [-0.1, -0.05) is 67.7 Å². The molecule has 0 unspecified atom stereocenters. The monoisotopic (exact) mass is 1000 g/mol. The van der Waals surface area contributed by atoms with Crippen molar-refractivity contribution in [3.63, 3.8) is 0 Å². The molecule has 4 aromatic rings. The highest BCUT2D eigenvalue weighted by Crippen LogP contribution is 2.20. The molecule has 0 atom stereocenters. The minimum absolute atomic E-state index is 0.0801. The largest absolute Gasteiger partial charge is 0.478 e. The molecule has 0 saturated carbocycles. The number of aromatic carboxylic acids is 1. The van der Waals surface area contributed by atoms with E-state index in [0.717, 1.165) is 43.2 Å². The van der Waals surface area contributed by atoms with Crippen LogP contribution in [-0.2, 0) is 30.1 Å². The van der Waals surface area contributed by atoms with Crippen molar-refractivity contribution in [3.05, 3.63) is 94.4 Å². The highest BCUT2D eigenvalue weighted by atomic mass is 35.5. The molecule has 0 bridgehead atoms. The van der Waals surface area contributed by atoms with E-state index in [0.29, 0.717) is 45.0 Å². The minimum Gasteiger partial charge on any atom is -0.478 e. The summed E-state index contributed by atoms with van der Waals surface area (Å²) in [6.07, 6.45) is 4.52. The average Bonchev–Trinajstić information content (AvgIpc) is 3.69. The fourth-order valence-electron chi connectivity index (χ4n) is 5.65. The van der Waals surface area contributed by atoms with Crippen LogP contribution in [-0.4, -0.2) is 122 Å². The molecule has 3 aromatic carbocycles. The maximum atomic E-state index is 12.6. The molecule has 4 rings (SSSR count). The van der Waals surface area contributed by atoms with Gasteiger partial charge in [-0.25, -0.2) is 39.9 Å². The zero-order chi connectivity index (χ0) is 49.6. The number of tetrazole rings is 1. The first-order chi connectivity index (χ1) is 30.4. The van der Waals surface area contributed by atoms with Crippen LogP contribution in [0.3, 0.4) is 0 Å². The average molecular weight is 1000 g/mol. The van der Waals surface area contributed by atoms with Gasteiger partial charge in [0.25, 0.3) is 5.24 Å². The maximum Gasteiger partial charge on any atom is 0.365 e. The molecule has 0 fully saturated rings. The van der Waals surface area contributed by atoms with E-state index in [1.54, 1.807) is 0 Å². The summed E-state index contributed by atoms with van der Waals surface area (Å²) in [6, 6.07) is 17.0. The summed E-state index contributed by atoms with van der Waals surface area (Å²) in [7, 11) is -11.1. The molecular weight excluding hydrogens is 934 g/mol. The van der Waals surface area contributed by atoms with Crippen LogP contribution in [0.25, 0.3) is 5.69 Å². The summed E-state index contributed by atoms with van der Waals surface area (Å²) in [5, 5.41) is 17.4. The smallest absolute Gasteiger partial charge is 0.365 e. The summed E-state index contributed by atoms with van der Waals surface area (Å²) >= 11 is 5.33. The quantitative estimate of drug-likeness (QED) is 0.0602. The molecule has 2 N–H and O–H groups in total. The highest BCUT2D eigenvalue weighted by Gasteiger charge is 2.25. The number of benzene rings is 3. The summed E-state index contributed by atoms with van der Waals surface area (Å²) in [4.78, 5) is 33.7. The zero-order valence-corrected chi connectivity index (χ0v) is 43.5. The van der Waals surface area contributed by atoms with Crippen LogP contribution in [0.2, 0.25) is 26.2 Å². The molecule has 0 radical (unpaired) electrons. The van der Waals surface area contributed by atoms with Gasteiger partial charge in [-0.05, 0) is 133 Å². The molecule has 0 amide bonds. The van der Waals surface area contributed by atoms with E-state index in [1.807, 2.05) is 41.5 Å². The number of aromatic nitrogens is 4. The third kappa shape index (κ3) is 19.3. The van der Waals surface area contributed by atoms with E-state index < -0.39 is 55.0 Å². The number of hydrogen-bond donors (Lipinski definition) is 2. The Morgan fingerprint density at radius 3 is 1.08 bits per heavy atom. The van der Waals surface area contributed by atoms with Crippen LogP contribution in [0.15, 0.2) is 92.3 Å². The number of nitrogens with zero attached hydrogens (tertiary/aromatic N) is 6. The van der Waals surface area contributed by atoms with Crippen molar-refractivity contribution < 1.29 is 39.9 Å². The third-order valence-electron chi connectivity index (χ3n) is 8.49. The Bertz CT molecular complexity index is 2320. The first kappa shape index (κ1) is 58.9. The van der Waals surface area contributed by atoms with Gasteiger partial charge in [0.1, 0.15) is 0 Å². The molecule has 0 aliphatic carbocycles. The lowest BCUT2D eigenvalue weighted by atomic mass is 10.2. The summed E-state index contributed by atoms with van der Waals surface area (Å²) in [5.41, 5.74) is 0.346. The van der Waals surface area contributed by atoms with Crippen LogP contribution < -0.4 is 5.69 Å². The Labute approximate surface area is 392 Å². The number of carbonyl (C=O) groups excluding carboxylic acids is 1. The van der Waals surface area contributed by atoms with Crippen molar-refractivity contribution in [3.8, 4) is 5.69 Å². The van der Waals surface area contributed by atoms with E-state index in [2.05, 4.69) is 41.7 Å². The molecule has 1 heterocycles. The van der Waals surface area contributed by atoms with Gasteiger partial charge in [0.05, 0.1) is 25.9 Å². The Hall–Kier alpha value is -4.09. The van der Waals surface area contributed by atoms with Gasteiger partial charge < -0.3 is 5.11 Å². The molecule has 65 heavy (non-hydrogen) atoms. The zero-order valence-electron chi connectivity index (χ0n) is 39.3. The molecule has 0 aliphatic rings. The van der Waals surface area contributed by atoms with Crippen LogP contribution in [0.4, 0.5) is 0 Å². The van der Waals surface area contributed by atoms with E-state index in [4.69, 9.17) is 16.7 Å². The van der Waals surface area contributed by atoms with E-state index in [1.165, 1.54) is 85.7 Å². The van der Waals surface area contributed by atoms with Gasteiger partial charge >= 0.3 is 11.7 Å². The number of sulfonamides is 3. The lowest BCUT2D eigenvalue weighted by molar-refractivity contribution is 0.0696. The summed E-state index contributed by atoms with van der Waals surface area (Å²) < 4.78 is 80.2. The number of rotatable bonds is 21. The van der Waals surface area contributed by atoms with Crippen LogP contribution in [0, 0.1) is 0 Å². The second-order valence-electron chi connectivity index (χ2n) is 16.3. The van der Waals surface area contributed by atoms with Gasteiger partial charge in [0.2, 0.25) is 30.1 Å². The fourth-order valence-corrected chi connectivity index (χ4v) is 10.7. The van der Waals surface area contributed by atoms with Crippen molar-refractivity contribution in [2.45, 2.75) is 121 Å². The first-order valence-electron chi connectivity index (χ1n) is 21.6. The summed E-state index contributed by atoms with van der Waals surface area (Å²) in [6.45, 7) is 23.8. The molecular formula is C43H68ClN7O10S3Si. The second-order valence-corrected chi connectivity index (χ2v) is 28.4. The Morgan fingerprint density at radius 2 is 0.846 bits per heavy atom. The van der Waals surface area contributed by atoms with Gasteiger partial charge in [-0.2, -0.15) is 17.6 Å². The predicted octanol–water partition coefficient (Wildman–Crippen LogP) is 7.79. The van der Waals surface area contributed by atoms with Crippen molar-refractivity contribution in [1.29, 1.82) is 0 Å². The van der Waals surface area contributed by atoms with Crippen molar-refractivity contribution in [1.82, 2.24) is 33.1 Å². The Morgan fingerprint density at radius 1 is 0.569 bits per heavy atom. The number of carboxylic acids is 1. The van der Waals surface area contributed by atoms with Crippen LogP contribution in [0.5, 0.6) is 0 Å². The first-order valence-corrected chi connectivity index (χ1v) is 30.3. The molecule has 0 spiro atoms. The van der Waals surface area contributed by atoms with E-state index >= 15 is 0 Å². The van der Waals surface area contributed by atoms with E-state index in [-0.39, 0.29) is 25.8 Å². The lowest BCUT2D eigenvalue weighted by Crippen LogP contribution is -2.32. The van der Waals surface area contributed by atoms with Crippen LogP contribution >= 0.6 is 11.6 Å². The standard InChI is InChI=1S/C13H18ClNO3S.C13H19N5O3S.C13H19NO4S.C4H12Si/c1-3-9-15(10-4-2)19(17,18)12-7-5-11(6-8-12)13(14)16;1-3-9-17(10-4-2)22(20,21)12-7-5-11(6-8-12)18-13(19)14-15-16-18;1-3-9-14(10-4-2)19(17,18)12-7-5-11(6-8-12)13(15)16;1-5(2,3)4/h5-8H,3-4,9-10H2,1-2H3;5-8H,3-4,9-10H2,1-2H3,(H,14,16,19);5-8H,3-4,9-10H2,1-2H3,(H,15,16);1-4H3. The van der Waals surface area contributed by atoms with Crippen LogP contribution in [0.1, 0.15) is 101 Å². The van der Waals surface area contributed by atoms with Crippen molar-refractivity contribution >= 4 is 61.0 Å². The topological polar surface area (TPSA) is 230 Å². The predicted molar refractivity (Wildman–Crippen MR) is 259 cm³/mol. The van der Waals surface area contributed by atoms with Gasteiger partial charge in [0, 0.05) is 52.9 Å². The Kier molecular flexibility index (Phi) is 25.5. The number of H-pyrrole nitrogens is 1. The minimum atomic E-state index is -3.53. The Balaban J connectivity index is 0.000000464. The van der Waals surface area contributed by atoms with Gasteiger partial charge in [-0.15, -0.1) is 0 Å². The fraction of sp³-hybridized carbons (Fsp3) is 0.512. The normalized spacial score (nSPS) is 11.8. The number of carbonyl (C=O) groups is 2. The summed E-state index contributed by atoms with van der Waals surface area (Å²) in [5.74, 6) is -1.07. The third-order valence-corrected chi connectivity index (χ3v) is 14.4. The SMILES string of the molecule is CCCN(CCC)S(=O)(=O)c1ccc(-n2nn[nH]c2=O)cc1.CCCN(CCC)S(=O)(=O)c1ccc(C(=O)Cl)cc1.CCCN(CCC)S(=O)(=O)c1ccc(C(=O)O)cc1.C[Si](C)(C)C. The van der Waals surface area contributed by atoms with E-state index in [9.17, 15) is 39.6 Å².